The number of hydrogen-bond donors (Lipinski definition) is 3. The Labute approximate surface area is 126 Å². The number of halogens is 2. The fourth-order valence-electron chi connectivity index (χ4n) is 2.01. The molecule has 6 heteroatoms. The molecule has 0 radical (unpaired) electrons. The van der Waals surface area contributed by atoms with Crippen molar-refractivity contribution in [2.24, 2.45) is 5.73 Å². The van der Waals surface area contributed by atoms with Crippen LogP contribution in [0.25, 0.3) is 0 Å². The van der Waals surface area contributed by atoms with E-state index in [-0.39, 0.29) is 23.0 Å². The largest absolute Gasteiger partial charge is 0.398 e. The highest BCUT2D eigenvalue weighted by atomic mass is 35.5. The summed E-state index contributed by atoms with van der Waals surface area (Å²) in [7, 11) is 0. The second-order valence-electron chi connectivity index (χ2n) is 4.70. The molecule has 0 aliphatic heterocycles. The van der Waals surface area contributed by atoms with Gasteiger partial charge in [0.15, 0.2) is 0 Å². The number of carbonyl (C=O) groups is 1. The molecule has 2 aromatic rings. The summed E-state index contributed by atoms with van der Waals surface area (Å²) in [6.07, 6.45) is 0. The van der Waals surface area contributed by atoms with Gasteiger partial charge in [-0.2, -0.15) is 0 Å². The van der Waals surface area contributed by atoms with Crippen LogP contribution in [0.15, 0.2) is 36.4 Å². The Morgan fingerprint density at radius 3 is 2.67 bits per heavy atom. The average molecular weight is 308 g/mol. The van der Waals surface area contributed by atoms with E-state index in [1.54, 1.807) is 12.1 Å². The first-order valence-electron chi connectivity index (χ1n) is 6.29. The number of nitrogens with two attached hydrogens (primary N) is 2. The average Bonchev–Trinajstić information content (AvgIpc) is 2.41. The molecule has 0 aromatic heterocycles. The molecular formula is C15H15ClFN3O. The lowest BCUT2D eigenvalue weighted by atomic mass is 10.1. The summed E-state index contributed by atoms with van der Waals surface area (Å²) in [5.74, 6) is -1.25. The van der Waals surface area contributed by atoms with E-state index < -0.39 is 11.7 Å². The van der Waals surface area contributed by atoms with E-state index in [0.717, 1.165) is 11.6 Å². The van der Waals surface area contributed by atoms with Gasteiger partial charge < -0.3 is 16.8 Å². The number of benzene rings is 2. The fourth-order valence-corrected chi connectivity index (χ4v) is 2.20. The minimum absolute atomic E-state index is 0.0148. The van der Waals surface area contributed by atoms with E-state index >= 15 is 0 Å². The molecule has 0 aliphatic rings. The van der Waals surface area contributed by atoms with Gasteiger partial charge in [-0.3, -0.25) is 4.79 Å². The Morgan fingerprint density at radius 2 is 2.05 bits per heavy atom. The maximum atomic E-state index is 13.9. The molecule has 5 N–H and O–H groups in total. The van der Waals surface area contributed by atoms with Crippen molar-refractivity contribution in [2.45, 2.75) is 13.0 Å². The molecule has 0 saturated carbocycles. The lowest BCUT2D eigenvalue weighted by Gasteiger charge is -2.17. The van der Waals surface area contributed by atoms with E-state index in [4.69, 9.17) is 23.1 Å². The van der Waals surface area contributed by atoms with Gasteiger partial charge in [-0.05, 0) is 36.8 Å². The molecule has 1 atom stereocenters. The Morgan fingerprint density at radius 1 is 1.33 bits per heavy atom. The number of nitrogen functional groups attached to an aromatic ring is 1. The zero-order valence-corrected chi connectivity index (χ0v) is 12.1. The van der Waals surface area contributed by atoms with Crippen LogP contribution in [0.2, 0.25) is 5.02 Å². The quantitative estimate of drug-likeness (QED) is 0.758. The van der Waals surface area contributed by atoms with Gasteiger partial charge >= 0.3 is 0 Å². The van der Waals surface area contributed by atoms with Crippen LogP contribution in [-0.2, 0) is 0 Å². The standard InChI is InChI=1S/C15H15ClFN3O/c1-8(9-3-2-4-10(16)5-9)20-14-6-11(15(19)21)13(18)7-12(14)17/h2-8,20H,18H2,1H3,(H2,19,21). The van der Waals surface area contributed by atoms with E-state index in [9.17, 15) is 9.18 Å². The van der Waals surface area contributed by atoms with Crippen molar-refractivity contribution in [3.8, 4) is 0 Å². The van der Waals surface area contributed by atoms with Gasteiger partial charge in [-0.1, -0.05) is 23.7 Å². The minimum atomic E-state index is -0.703. The third kappa shape index (κ3) is 3.44. The Kier molecular flexibility index (Phi) is 4.33. The predicted octanol–water partition coefficient (Wildman–Crippen LogP) is 3.33. The van der Waals surface area contributed by atoms with Gasteiger partial charge in [0.25, 0.3) is 5.91 Å². The Hall–Kier alpha value is -2.27. The number of rotatable bonds is 4. The lowest BCUT2D eigenvalue weighted by Crippen LogP contribution is -2.15. The monoisotopic (exact) mass is 307 g/mol. The highest BCUT2D eigenvalue weighted by Crippen LogP contribution is 2.26. The summed E-state index contributed by atoms with van der Waals surface area (Å²) in [6, 6.07) is 9.40. The van der Waals surface area contributed by atoms with Crippen LogP contribution in [0.1, 0.15) is 28.9 Å². The molecule has 110 valence electrons. The van der Waals surface area contributed by atoms with Crippen molar-refractivity contribution >= 4 is 28.9 Å². The number of carbonyl (C=O) groups excluding carboxylic acids is 1. The van der Waals surface area contributed by atoms with Crippen molar-refractivity contribution in [3.05, 3.63) is 58.4 Å². The predicted molar refractivity (Wildman–Crippen MR) is 82.8 cm³/mol. The van der Waals surface area contributed by atoms with Gasteiger partial charge in [0.05, 0.1) is 11.3 Å². The number of nitrogens with one attached hydrogen (secondary N) is 1. The number of primary amides is 1. The highest BCUT2D eigenvalue weighted by Gasteiger charge is 2.14. The molecule has 1 amide bonds. The molecule has 2 aromatic carbocycles. The first-order valence-corrected chi connectivity index (χ1v) is 6.67. The molecule has 0 fully saturated rings. The van der Waals surface area contributed by atoms with Gasteiger partial charge in [0.1, 0.15) is 5.82 Å². The lowest BCUT2D eigenvalue weighted by molar-refractivity contribution is 0.100. The first-order chi connectivity index (χ1) is 9.88. The summed E-state index contributed by atoms with van der Waals surface area (Å²) >= 11 is 5.93. The zero-order valence-electron chi connectivity index (χ0n) is 11.4. The van der Waals surface area contributed by atoms with E-state index in [0.29, 0.717) is 5.02 Å². The Balaban J connectivity index is 2.31. The topological polar surface area (TPSA) is 81.1 Å². The first kappa shape index (κ1) is 15.1. The van der Waals surface area contributed by atoms with Gasteiger partial charge in [-0.25, -0.2) is 4.39 Å². The molecule has 0 bridgehead atoms. The SMILES string of the molecule is CC(Nc1cc(C(N)=O)c(N)cc1F)c1cccc(Cl)c1. The Bertz CT molecular complexity index is 691. The van der Waals surface area contributed by atoms with Crippen LogP contribution in [0, 0.1) is 5.82 Å². The van der Waals surface area contributed by atoms with Crippen LogP contribution >= 0.6 is 11.6 Å². The second kappa shape index (κ2) is 6.01. The smallest absolute Gasteiger partial charge is 0.250 e. The maximum Gasteiger partial charge on any atom is 0.250 e. The maximum absolute atomic E-state index is 13.9. The van der Waals surface area contributed by atoms with Crippen LogP contribution in [0.3, 0.4) is 0 Å². The van der Waals surface area contributed by atoms with Gasteiger partial charge in [0.2, 0.25) is 0 Å². The van der Waals surface area contributed by atoms with E-state index in [1.165, 1.54) is 6.07 Å². The normalized spacial score (nSPS) is 12.0. The van der Waals surface area contributed by atoms with Crippen molar-refractivity contribution < 1.29 is 9.18 Å². The van der Waals surface area contributed by atoms with Crippen LogP contribution in [-0.4, -0.2) is 5.91 Å². The summed E-state index contributed by atoms with van der Waals surface area (Å²) < 4.78 is 13.9. The van der Waals surface area contributed by atoms with Crippen LogP contribution < -0.4 is 16.8 Å². The summed E-state index contributed by atoms with van der Waals surface area (Å²) in [5.41, 5.74) is 11.9. The summed E-state index contributed by atoms with van der Waals surface area (Å²) in [4.78, 5) is 11.3. The molecule has 0 spiro atoms. The molecule has 4 nitrogen and oxygen atoms in total. The molecule has 0 aliphatic carbocycles. The number of amides is 1. The van der Waals surface area contributed by atoms with Crippen molar-refractivity contribution in [2.75, 3.05) is 11.1 Å². The van der Waals surface area contributed by atoms with Crippen LogP contribution in [0.4, 0.5) is 15.8 Å². The third-order valence-corrected chi connectivity index (χ3v) is 3.36. The summed E-state index contributed by atoms with van der Waals surface area (Å²) in [5, 5.41) is 3.57. The van der Waals surface area contributed by atoms with E-state index in [2.05, 4.69) is 5.32 Å². The van der Waals surface area contributed by atoms with Gasteiger partial charge in [0, 0.05) is 16.8 Å². The van der Waals surface area contributed by atoms with Crippen molar-refractivity contribution in [1.82, 2.24) is 0 Å². The second-order valence-corrected chi connectivity index (χ2v) is 5.14. The summed E-state index contributed by atoms with van der Waals surface area (Å²) in [6.45, 7) is 1.85. The molecule has 1 unspecified atom stereocenters. The molecular weight excluding hydrogens is 293 g/mol. The van der Waals surface area contributed by atoms with Gasteiger partial charge in [-0.15, -0.1) is 0 Å². The highest BCUT2D eigenvalue weighted by molar-refractivity contribution is 6.30. The zero-order chi connectivity index (χ0) is 15.6. The molecule has 0 saturated heterocycles. The third-order valence-electron chi connectivity index (χ3n) is 3.13. The number of hydrogen-bond acceptors (Lipinski definition) is 3. The van der Waals surface area contributed by atoms with E-state index in [1.807, 2.05) is 19.1 Å². The van der Waals surface area contributed by atoms with Crippen molar-refractivity contribution in [1.29, 1.82) is 0 Å². The number of anilines is 2. The molecule has 0 heterocycles. The minimum Gasteiger partial charge on any atom is -0.398 e. The van der Waals surface area contributed by atoms with Crippen molar-refractivity contribution in [3.63, 3.8) is 0 Å². The fraction of sp³-hybridized carbons (Fsp3) is 0.133. The van der Waals surface area contributed by atoms with Crippen LogP contribution in [0.5, 0.6) is 0 Å². The molecule has 2 rings (SSSR count). The molecule has 21 heavy (non-hydrogen) atoms.